The predicted octanol–water partition coefficient (Wildman–Crippen LogP) is -1.63. The molecule has 0 aliphatic rings. The van der Waals surface area contributed by atoms with Gasteiger partial charge in [0, 0.05) is 29.0 Å². The predicted molar refractivity (Wildman–Crippen MR) is 29.5 cm³/mol. The second-order valence-corrected chi connectivity index (χ2v) is 3.72. The first-order valence-corrected chi connectivity index (χ1v) is 4.35. The minimum Gasteiger partial charge on any atom is -0.481 e. The first-order valence-electron chi connectivity index (χ1n) is 2.31. The van der Waals surface area contributed by atoms with Gasteiger partial charge in [0.15, 0.2) is 0 Å². The van der Waals surface area contributed by atoms with E-state index >= 15 is 0 Å². The Hall–Kier alpha value is 0.0604. The minimum absolute atomic E-state index is 0. The van der Waals surface area contributed by atoms with Crippen LogP contribution in [0.4, 0.5) is 0 Å². The van der Waals surface area contributed by atoms with Crippen LogP contribution in [0.25, 0.3) is 0 Å². The molecule has 0 heterocycles. The number of carboxylic acid groups (broad SMARTS) is 1. The van der Waals surface area contributed by atoms with Crippen LogP contribution in [0.15, 0.2) is 0 Å². The first-order chi connectivity index (χ1) is 3.92. The van der Waals surface area contributed by atoms with Crippen molar-refractivity contribution in [2.24, 2.45) is 0 Å². The van der Waals surface area contributed by atoms with Crippen LogP contribution in [0.2, 0.25) is 6.04 Å². The molecule has 0 aliphatic heterocycles. The van der Waals surface area contributed by atoms with E-state index in [-0.39, 0.29) is 16.5 Å². The molecule has 0 rings (SSSR count). The molecule has 0 aliphatic carbocycles. The standard InChI is InChI=1S/C3H8O5Si.Ni/c4-3(5)1-2-9(6,7)8;/h6-8H,1-2H2,(H,4,5);. The van der Waals surface area contributed by atoms with Gasteiger partial charge < -0.3 is 19.5 Å². The third-order valence-corrected chi connectivity index (χ3v) is 1.60. The maximum atomic E-state index is 9.73. The third-order valence-electron chi connectivity index (χ3n) is 0.674. The normalized spacial score (nSPS) is 10.3. The molecule has 4 N–H and O–H groups in total. The molecule has 0 unspecified atom stereocenters. The summed E-state index contributed by atoms with van der Waals surface area (Å²) in [5.41, 5.74) is 0. The fraction of sp³-hybridized carbons (Fsp3) is 0.667. The molecule has 10 heavy (non-hydrogen) atoms. The second kappa shape index (κ2) is 4.81. The summed E-state index contributed by atoms with van der Waals surface area (Å²) in [7, 11) is -4.10. The smallest absolute Gasteiger partial charge is 0.481 e. The number of aliphatic carboxylic acids is 1. The number of rotatable bonds is 3. The van der Waals surface area contributed by atoms with Gasteiger partial charge in [-0.1, -0.05) is 0 Å². The van der Waals surface area contributed by atoms with Crippen molar-refractivity contribution >= 4 is 14.8 Å². The van der Waals surface area contributed by atoms with E-state index in [2.05, 4.69) is 0 Å². The van der Waals surface area contributed by atoms with Crippen LogP contribution in [0.1, 0.15) is 6.42 Å². The molecular weight excluding hydrogens is 203 g/mol. The number of carboxylic acids is 1. The molecule has 0 amide bonds. The summed E-state index contributed by atoms with van der Waals surface area (Å²) in [6.07, 6.45) is -0.407. The Morgan fingerprint density at radius 2 is 1.70 bits per heavy atom. The Kier molecular flexibility index (Phi) is 6.12. The topological polar surface area (TPSA) is 98.0 Å². The van der Waals surface area contributed by atoms with E-state index in [1.54, 1.807) is 0 Å². The van der Waals surface area contributed by atoms with E-state index in [9.17, 15) is 4.79 Å². The molecule has 0 saturated carbocycles. The van der Waals surface area contributed by atoms with Crippen molar-refractivity contribution in [3.8, 4) is 0 Å². The Labute approximate surface area is 68.6 Å². The van der Waals surface area contributed by atoms with Gasteiger partial charge >= 0.3 is 14.8 Å². The van der Waals surface area contributed by atoms with Gasteiger partial charge in [-0.05, 0) is 0 Å². The van der Waals surface area contributed by atoms with Gasteiger partial charge in [0.05, 0.1) is 0 Å². The van der Waals surface area contributed by atoms with Gasteiger partial charge in [-0.15, -0.1) is 0 Å². The average Bonchev–Trinajstić information content (AvgIpc) is 1.59. The van der Waals surface area contributed by atoms with Crippen molar-refractivity contribution in [1.82, 2.24) is 0 Å². The molecule has 0 aromatic carbocycles. The fourth-order valence-electron chi connectivity index (χ4n) is 0.275. The van der Waals surface area contributed by atoms with Crippen LogP contribution in [0, 0.1) is 0 Å². The Balaban J connectivity index is 0. The van der Waals surface area contributed by atoms with Crippen molar-refractivity contribution in [2.45, 2.75) is 12.5 Å². The summed E-state index contributed by atoms with van der Waals surface area (Å²) in [6, 6.07) is -0.442. The summed E-state index contributed by atoms with van der Waals surface area (Å²) in [5.74, 6) is -1.15. The quantitative estimate of drug-likeness (QED) is 0.420. The summed E-state index contributed by atoms with van der Waals surface area (Å²) in [6.45, 7) is 0. The fourth-order valence-corrected chi connectivity index (χ4v) is 0.824. The summed E-state index contributed by atoms with van der Waals surface area (Å²) in [5, 5.41) is 7.97. The van der Waals surface area contributed by atoms with Crippen molar-refractivity contribution < 1.29 is 40.8 Å². The third kappa shape index (κ3) is 10.9. The molecule has 0 spiro atoms. The molecule has 0 radical (unpaired) electrons. The maximum Gasteiger partial charge on any atom is 0.493 e. The molecular formula is C3H8NiO5Si. The molecule has 0 bridgehead atoms. The van der Waals surface area contributed by atoms with Crippen LogP contribution in [-0.2, 0) is 21.3 Å². The zero-order valence-electron chi connectivity index (χ0n) is 4.93. The Bertz CT molecular complexity index is 110. The molecule has 0 aromatic rings. The summed E-state index contributed by atoms with van der Waals surface area (Å²) >= 11 is 0. The molecule has 0 atom stereocenters. The van der Waals surface area contributed by atoms with E-state index in [1.807, 2.05) is 0 Å². The SMILES string of the molecule is O=C(O)CC[Si](O)(O)O.[Ni]. The van der Waals surface area contributed by atoms with Crippen LogP contribution in [-0.4, -0.2) is 34.3 Å². The van der Waals surface area contributed by atoms with Crippen LogP contribution in [0.3, 0.4) is 0 Å². The zero-order chi connectivity index (χ0) is 7.49. The number of hydrogen-bond acceptors (Lipinski definition) is 4. The van der Waals surface area contributed by atoms with E-state index < -0.39 is 27.2 Å². The monoisotopic (exact) mass is 210 g/mol. The Morgan fingerprint density at radius 1 is 1.30 bits per heavy atom. The largest absolute Gasteiger partial charge is 0.493 e. The minimum atomic E-state index is -4.10. The van der Waals surface area contributed by atoms with Gasteiger partial charge in [0.2, 0.25) is 0 Å². The Morgan fingerprint density at radius 3 is 1.80 bits per heavy atom. The zero-order valence-corrected chi connectivity index (χ0v) is 6.92. The van der Waals surface area contributed by atoms with Gasteiger partial charge in [-0.25, -0.2) is 0 Å². The number of hydrogen-bond donors (Lipinski definition) is 4. The van der Waals surface area contributed by atoms with Crippen LogP contribution >= 0.6 is 0 Å². The molecule has 0 fully saturated rings. The van der Waals surface area contributed by atoms with Crippen molar-refractivity contribution in [2.75, 3.05) is 0 Å². The maximum absolute atomic E-state index is 9.73. The van der Waals surface area contributed by atoms with Crippen molar-refractivity contribution in [3.63, 3.8) is 0 Å². The number of carbonyl (C=O) groups is 1. The molecule has 7 heteroatoms. The van der Waals surface area contributed by atoms with E-state index in [1.165, 1.54) is 0 Å². The van der Waals surface area contributed by atoms with Gasteiger partial charge in [0.25, 0.3) is 0 Å². The molecule has 5 nitrogen and oxygen atoms in total. The van der Waals surface area contributed by atoms with E-state index in [0.717, 1.165) is 0 Å². The average molecular weight is 211 g/mol. The summed E-state index contributed by atoms with van der Waals surface area (Å²) in [4.78, 5) is 34.5. The van der Waals surface area contributed by atoms with E-state index in [4.69, 9.17) is 19.5 Å². The second-order valence-electron chi connectivity index (χ2n) is 1.67. The van der Waals surface area contributed by atoms with Crippen molar-refractivity contribution in [3.05, 3.63) is 0 Å². The van der Waals surface area contributed by atoms with Gasteiger partial charge in [0.1, 0.15) is 0 Å². The van der Waals surface area contributed by atoms with E-state index in [0.29, 0.717) is 0 Å². The summed E-state index contributed by atoms with van der Waals surface area (Å²) < 4.78 is 0. The molecule has 64 valence electrons. The van der Waals surface area contributed by atoms with Crippen molar-refractivity contribution in [1.29, 1.82) is 0 Å². The van der Waals surface area contributed by atoms with Crippen LogP contribution in [0.5, 0.6) is 0 Å². The molecule has 0 saturated heterocycles. The van der Waals surface area contributed by atoms with Crippen LogP contribution < -0.4 is 0 Å². The molecule has 0 aromatic heterocycles. The van der Waals surface area contributed by atoms with Gasteiger partial charge in [-0.2, -0.15) is 0 Å². The first kappa shape index (κ1) is 12.7. The van der Waals surface area contributed by atoms with Gasteiger partial charge in [-0.3, -0.25) is 4.79 Å².